The average Bonchev–Trinajstić information content (AvgIpc) is 3.21. The van der Waals surface area contributed by atoms with E-state index < -0.39 is 6.04 Å². The number of aldehydes is 1. The van der Waals surface area contributed by atoms with E-state index in [9.17, 15) is 9.59 Å². The van der Waals surface area contributed by atoms with Crippen LogP contribution in [-0.2, 0) is 24.3 Å². The first kappa shape index (κ1) is 18.4. The fourth-order valence-electron chi connectivity index (χ4n) is 2.82. The first-order valence-electron chi connectivity index (χ1n) is 8.80. The van der Waals surface area contributed by atoms with Crippen LogP contribution in [0.15, 0.2) is 73.2 Å². The van der Waals surface area contributed by atoms with E-state index in [4.69, 9.17) is 0 Å². The number of aromatic nitrogens is 2. The fourth-order valence-corrected chi connectivity index (χ4v) is 2.82. The Morgan fingerprint density at radius 3 is 2.11 bits per heavy atom. The Kier molecular flexibility index (Phi) is 6.35. The van der Waals surface area contributed by atoms with Gasteiger partial charge in [0, 0.05) is 31.4 Å². The minimum Gasteiger partial charge on any atom is -0.348 e. The predicted molar refractivity (Wildman–Crippen MR) is 103 cm³/mol. The van der Waals surface area contributed by atoms with Gasteiger partial charge in [-0.25, -0.2) is 9.78 Å². The highest BCUT2D eigenvalue weighted by Gasteiger charge is 2.19. The van der Waals surface area contributed by atoms with Crippen LogP contribution in [0.25, 0.3) is 0 Å². The molecule has 2 amide bonds. The lowest BCUT2D eigenvalue weighted by molar-refractivity contribution is -0.109. The van der Waals surface area contributed by atoms with E-state index in [-0.39, 0.29) is 6.03 Å². The van der Waals surface area contributed by atoms with Crippen LogP contribution in [0.4, 0.5) is 4.79 Å². The molecule has 0 fully saturated rings. The number of nitrogens with one attached hydrogen (secondary N) is 2. The average molecular weight is 362 g/mol. The number of hydrogen-bond donors (Lipinski definition) is 2. The number of hydrogen-bond acceptors (Lipinski definition) is 3. The van der Waals surface area contributed by atoms with Crippen molar-refractivity contribution in [2.45, 2.75) is 25.6 Å². The summed E-state index contributed by atoms with van der Waals surface area (Å²) in [5.74, 6) is 0. The smallest absolute Gasteiger partial charge is 0.318 e. The zero-order valence-corrected chi connectivity index (χ0v) is 14.9. The number of rotatable bonds is 8. The summed E-state index contributed by atoms with van der Waals surface area (Å²) in [6.45, 7) is 0.911. The van der Waals surface area contributed by atoms with E-state index in [1.807, 2.05) is 60.7 Å². The third-order valence-corrected chi connectivity index (χ3v) is 4.19. The quantitative estimate of drug-likeness (QED) is 0.605. The maximum absolute atomic E-state index is 12.9. The van der Waals surface area contributed by atoms with Gasteiger partial charge in [0.25, 0.3) is 0 Å². The summed E-state index contributed by atoms with van der Waals surface area (Å²) in [6.07, 6.45) is 4.33. The van der Waals surface area contributed by atoms with Crippen LogP contribution in [0, 0.1) is 0 Å². The minimum absolute atomic E-state index is 0.278. The summed E-state index contributed by atoms with van der Waals surface area (Å²) >= 11 is 0. The molecule has 27 heavy (non-hydrogen) atoms. The van der Waals surface area contributed by atoms with Gasteiger partial charge in [0.05, 0.1) is 12.4 Å². The molecule has 1 atom stereocenters. The molecular weight excluding hydrogens is 340 g/mol. The molecule has 0 spiro atoms. The molecule has 6 heteroatoms. The van der Waals surface area contributed by atoms with Crippen molar-refractivity contribution in [3.05, 3.63) is 90.0 Å². The molecule has 0 saturated heterocycles. The molecule has 1 aromatic heterocycles. The summed E-state index contributed by atoms with van der Waals surface area (Å²) in [5.41, 5.74) is 2.85. The Balaban J connectivity index is 1.71. The van der Waals surface area contributed by atoms with Gasteiger partial charge in [0.2, 0.25) is 0 Å². The second-order valence-electron chi connectivity index (χ2n) is 6.30. The topological polar surface area (TPSA) is 78.1 Å². The molecule has 0 bridgehead atoms. The lowest BCUT2D eigenvalue weighted by Crippen LogP contribution is -2.45. The summed E-state index contributed by atoms with van der Waals surface area (Å²) < 4.78 is 0. The van der Waals surface area contributed by atoms with Gasteiger partial charge in [0.1, 0.15) is 6.29 Å². The molecule has 1 heterocycles. The van der Waals surface area contributed by atoms with Crippen molar-refractivity contribution < 1.29 is 9.59 Å². The van der Waals surface area contributed by atoms with Gasteiger partial charge in [-0.05, 0) is 11.1 Å². The number of imidazole rings is 1. The highest BCUT2D eigenvalue weighted by atomic mass is 16.2. The van der Waals surface area contributed by atoms with Gasteiger partial charge in [0.15, 0.2) is 0 Å². The minimum atomic E-state index is -0.619. The van der Waals surface area contributed by atoms with Crippen molar-refractivity contribution in [1.82, 2.24) is 20.2 Å². The second kappa shape index (κ2) is 9.33. The Morgan fingerprint density at radius 1 is 1.04 bits per heavy atom. The monoisotopic (exact) mass is 362 g/mol. The molecule has 2 aromatic carbocycles. The number of carbonyl (C=O) groups is 2. The van der Waals surface area contributed by atoms with Crippen LogP contribution in [0.5, 0.6) is 0 Å². The van der Waals surface area contributed by atoms with E-state index >= 15 is 0 Å². The summed E-state index contributed by atoms with van der Waals surface area (Å²) in [4.78, 5) is 32.9. The number of aromatic amines is 1. The number of H-pyrrole nitrogens is 1. The Bertz CT molecular complexity index is 794. The van der Waals surface area contributed by atoms with Gasteiger partial charge in [-0.15, -0.1) is 0 Å². The standard InChI is InChI=1S/C21H22N4O2/c26-15-20(11-19-12-22-16-23-19)24-21(27)25(13-17-7-3-1-4-8-17)14-18-9-5-2-6-10-18/h1-10,12,15-16,20H,11,13-14H2,(H,22,23)(H,24,27). The number of carbonyl (C=O) groups excluding carboxylic acids is 2. The van der Waals surface area contributed by atoms with Gasteiger partial charge in [-0.3, -0.25) is 0 Å². The lowest BCUT2D eigenvalue weighted by Gasteiger charge is -2.25. The van der Waals surface area contributed by atoms with Crippen molar-refractivity contribution in [2.24, 2.45) is 0 Å². The molecule has 0 aliphatic carbocycles. The molecule has 0 aliphatic rings. The van der Waals surface area contributed by atoms with E-state index in [1.54, 1.807) is 17.4 Å². The van der Waals surface area contributed by atoms with E-state index in [1.165, 1.54) is 0 Å². The van der Waals surface area contributed by atoms with Crippen molar-refractivity contribution in [3.8, 4) is 0 Å². The van der Waals surface area contributed by atoms with E-state index in [0.29, 0.717) is 19.5 Å². The largest absolute Gasteiger partial charge is 0.348 e. The molecule has 138 valence electrons. The van der Waals surface area contributed by atoms with Crippen molar-refractivity contribution in [1.29, 1.82) is 0 Å². The van der Waals surface area contributed by atoms with Crippen LogP contribution in [0.3, 0.4) is 0 Å². The molecule has 0 radical (unpaired) electrons. The summed E-state index contributed by atoms with van der Waals surface area (Å²) in [7, 11) is 0. The molecule has 2 N–H and O–H groups in total. The van der Waals surface area contributed by atoms with Gasteiger partial charge in [-0.1, -0.05) is 60.7 Å². The van der Waals surface area contributed by atoms with Crippen LogP contribution in [0.1, 0.15) is 16.8 Å². The van der Waals surface area contributed by atoms with Crippen LogP contribution >= 0.6 is 0 Å². The van der Waals surface area contributed by atoms with Crippen LogP contribution < -0.4 is 5.32 Å². The number of urea groups is 1. The SMILES string of the molecule is O=CC(Cc1cnc[nH]1)NC(=O)N(Cc1ccccc1)Cc1ccccc1. The van der Waals surface area contributed by atoms with Crippen molar-refractivity contribution >= 4 is 12.3 Å². The van der Waals surface area contributed by atoms with Gasteiger partial charge < -0.3 is 20.0 Å². The third-order valence-electron chi connectivity index (χ3n) is 4.19. The molecule has 3 rings (SSSR count). The number of nitrogens with zero attached hydrogens (tertiary/aromatic N) is 2. The highest BCUT2D eigenvalue weighted by Crippen LogP contribution is 2.11. The normalized spacial score (nSPS) is 11.6. The van der Waals surface area contributed by atoms with E-state index in [0.717, 1.165) is 23.1 Å². The number of amides is 2. The van der Waals surface area contributed by atoms with Gasteiger partial charge >= 0.3 is 6.03 Å². The Hall–Kier alpha value is -3.41. The molecule has 0 saturated carbocycles. The molecule has 0 aliphatic heterocycles. The second-order valence-corrected chi connectivity index (χ2v) is 6.30. The van der Waals surface area contributed by atoms with Crippen molar-refractivity contribution in [2.75, 3.05) is 0 Å². The number of benzene rings is 2. The molecule has 3 aromatic rings. The Labute approximate surface area is 158 Å². The third kappa shape index (κ3) is 5.54. The zero-order chi connectivity index (χ0) is 18.9. The highest BCUT2D eigenvalue weighted by molar-refractivity contribution is 5.78. The van der Waals surface area contributed by atoms with Crippen molar-refractivity contribution in [3.63, 3.8) is 0 Å². The molecule has 6 nitrogen and oxygen atoms in total. The first-order valence-corrected chi connectivity index (χ1v) is 8.80. The Morgan fingerprint density at radius 2 is 1.63 bits per heavy atom. The zero-order valence-electron chi connectivity index (χ0n) is 14.9. The molecular formula is C21H22N4O2. The maximum Gasteiger partial charge on any atom is 0.318 e. The van der Waals surface area contributed by atoms with Crippen LogP contribution in [0.2, 0.25) is 0 Å². The predicted octanol–water partition coefficient (Wildman–Crippen LogP) is 2.93. The van der Waals surface area contributed by atoms with E-state index in [2.05, 4.69) is 15.3 Å². The fraction of sp³-hybridized carbons (Fsp3) is 0.190. The molecule has 1 unspecified atom stereocenters. The summed E-state index contributed by atoms with van der Waals surface area (Å²) in [5, 5.41) is 2.82. The van der Waals surface area contributed by atoms with Gasteiger partial charge in [-0.2, -0.15) is 0 Å². The maximum atomic E-state index is 12.9. The first-order chi connectivity index (χ1) is 13.2. The van der Waals surface area contributed by atoms with Crippen LogP contribution in [-0.4, -0.2) is 33.2 Å². The lowest BCUT2D eigenvalue weighted by atomic mass is 10.1. The summed E-state index contributed by atoms with van der Waals surface area (Å²) in [6, 6.07) is 18.7.